The highest BCUT2D eigenvalue weighted by molar-refractivity contribution is 5.94. The lowest BCUT2D eigenvalue weighted by atomic mass is 9.87. The van der Waals surface area contributed by atoms with Gasteiger partial charge in [-0.25, -0.2) is 9.18 Å². The lowest BCUT2D eigenvalue weighted by molar-refractivity contribution is -0.143. The molecular weight excluding hydrogens is 477 g/mol. The van der Waals surface area contributed by atoms with Crippen molar-refractivity contribution in [3.63, 3.8) is 0 Å². The number of carbonyl (C=O) groups excluding carboxylic acids is 2. The number of ether oxygens (including phenoxy) is 1. The van der Waals surface area contributed by atoms with E-state index < -0.39 is 5.97 Å². The Morgan fingerprint density at radius 1 is 0.865 bits per heavy atom. The zero-order chi connectivity index (χ0) is 26.2. The van der Waals surface area contributed by atoms with Crippen LogP contribution in [-0.4, -0.2) is 60.2 Å². The van der Waals surface area contributed by atoms with E-state index in [1.165, 1.54) is 12.1 Å². The predicted octanol–water partition coefficient (Wildman–Crippen LogP) is 4.17. The van der Waals surface area contributed by atoms with Crippen LogP contribution in [-0.2, 0) is 4.79 Å². The normalized spacial score (nSPS) is 20.2. The van der Waals surface area contributed by atoms with E-state index >= 15 is 0 Å². The van der Waals surface area contributed by atoms with Crippen molar-refractivity contribution in [3.8, 4) is 5.75 Å². The van der Waals surface area contributed by atoms with Gasteiger partial charge in [0.1, 0.15) is 11.6 Å². The van der Waals surface area contributed by atoms with Crippen LogP contribution in [0.25, 0.3) is 0 Å². The molecule has 37 heavy (non-hydrogen) atoms. The minimum atomic E-state index is -0.739. The first kappa shape index (κ1) is 26.4. The molecule has 0 aromatic heterocycles. The molecular formula is C28H34FN3O5. The summed E-state index contributed by atoms with van der Waals surface area (Å²) in [6.45, 7) is 1.90. The summed E-state index contributed by atoms with van der Waals surface area (Å²) in [5.41, 5.74) is 1.60. The molecule has 198 valence electrons. The number of nitrogens with zero attached hydrogens (tertiary/aromatic N) is 1. The molecule has 9 heteroatoms. The van der Waals surface area contributed by atoms with Crippen LogP contribution in [0.15, 0.2) is 48.5 Å². The quantitative estimate of drug-likeness (QED) is 0.461. The largest absolute Gasteiger partial charge is 0.490 e. The van der Waals surface area contributed by atoms with Gasteiger partial charge in [-0.1, -0.05) is 12.1 Å². The van der Waals surface area contributed by atoms with Crippen LogP contribution >= 0.6 is 0 Å². The summed E-state index contributed by atoms with van der Waals surface area (Å²) in [4.78, 5) is 37.7. The highest BCUT2D eigenvalue weighted by Crippen LogP contribution is 2.29. The van der Waals surface area contributed by atoms with Crippen molar-refractivity contribution in [2.75, 3.05) is 26.2 Å². The Kier molecular flexibility index (Phi) is 8.98. The average molecular weight is 512 g/mol. The maximum absolute atomic E-state index is 13.1. The van der Waals surface area contributed by atoms with E-state index in [0.717, 1.165) is 18.4 Å². The minimum Gasteiger partial charge on any atom is -0.490 e. The first-order chi connectivity index (χ1) is 17.9. The van der Waals surface area contributed by atoms with E-state index in [9.17, 15) is 18.8 Å². The van der Waals surface area contributed by atoms with E-state index in [0.29, 0.717) is 69.1 Å². The van der Waals surface area contributed by atoms with Crippen LogP contribution in [0.3, 0.4) is 0 Å². The number of urea groups is 1. The first-order valence-electron chi connectivity index (χ1n) is 12.9. The summed E-state index contributed by atoms with van der Waals surface area (Å²) in [6.07, 6.45) is 4.30. The topological polar surface area (TPSA) is 108 Å². The van der Waals surface area contributed by atoms with Gasteiger partial charge < -0.3 is 25.4 Å². The Morgan fingerprint density at radius 2 is 1.49 bits per heavy atom. The third-order valence-electron chi connectivity index (χ3n) is 7.25. The van der Waals surface area contributed by atoms with Gasteiger partial charge in [-0.2, -0.15) is 0 Å². The van der Waals surface area contributed by atoms with Gasteiger partial charge in [-0.05, 0) is 86.4 Å². The second-order valence-electron chi connectivity index (χ2n) is 9.75. The molecule has 0 atom stereocenters. The number of halogens is 1. The molecule has 1 aliphatic heterocycles. The Hall–Kier alpha value is -3.62. The maximum Gasteiger partial charge on any atom is 0.317 e. The Balaban J connectivity index is 1.12. The molecule has 2 aromatic rings. The van der Waals surface area contributed by atoms with Crippen molar-refractivity contribution >= 4 is 17.9 Å². The standard InChI is InChI=1S/C28H34FN3O5/c29-23-7-1-19(2-8-23)20-13-17-32(18-14-20)28(36)31-16-15-30-26(33)21-3-9-24(10-4-21)37-25-11-5-22(6-12-25)27(34)35/h1-4,7-10,20,22,25H,5-6,11-18H2,(H,30,33)(H,31,36)(H,34,35)/t22-,25+. The van der Waals surface area contributed by atoms with E-state index in [-0.39, 0.29) is 29.8 Å². The molecule has 3 N–H and O–H groups in total. The first-order valence-corrected chi connectivity index (χ1v) is 12.9. The van der Waals surface area contributed by atoms with Crippen molar-refractivity contribution in [2.45, 2.75) is 50.5 Å². The molecule has 0 unspecified atom stereocenters. The highest BCUT2D eigenvalue weighted by atomic mass is 19.1. The number of piperidine rings is 1. The number of carbonyl (C=O) groups is 3. The fourth-order valence-corrected chi connectivity index (χ4v) is 5.02. The van der Waals surface area contributed by atoms with Crippen LogP contribution in [0.1, 0.15) is 60.4 Å². The lowest BCUT2D eigenvalue weighted by Gasteiger charge is -2.32. The second kappa shape index (κ2) is 12.6. The van der Waals surface area contributed by atoms with Crippen molar-refractivity contribution in [1.82, 2.24) is 15.5 Å². The molecule has 1 saturated carbocycles. The molecule has 0 spiro atoms. The molecule has 1 heterocycles. The molecule has 1 aliphatic carbocycles. The van der Waals surface area contributed by atoms with E-state index in [2.05, 4.69) is 10.6 Å². The minimum absolute atomic E-state index is 0.00686. The molecule has 1 saturated heterocycles. The van der Waals surface area contributed by atoms with Crippen LogP contribution in [0.2, 0.25) is 0 Å². The molecule has 2 aliphatic rings. The van der Waals surface area contributed by atoms with E-state index in [1.807, 2.05) is 12.1 Å². The van der Waals surface area contributed by atoms with Crippen LogP contribution < -0.4 is 15.4 Å². The number of aliphatic carboxylic acids is 1. The number of hydrogen-bond acceptors (Lipinski definition) is 4. The Bertz CT molecular complexity index is 1060. The van der Waals surface area contributed by atoms with Gasteiger partial charge in [0.25, 0.3) is 5.91 Å². The molecule has 2 aromatic carbocycles. The van der Waals surface area contributed by atoms with Crippen molar-refractivity contribution in [1.29, 1.82) is 0 Å². The highest BCUT2D eigenvalue weighted by Gasteiger charge is 2.27. The SMILES string of the molecule is O=C(NCCNC(=O)N1CCC(c2ccc(F)cc2)CC1)c1ccc(O[C@H]2CC[C@@H](C(=O)O)CC2)cc1. The van der Waals surface area contributed by atoms with Crippen molar-refractivity contribution in [3.05, 3.63) is 65.5 Å². The number of carboxylic acid groups (broad SMARTS) is 1. The number of carboxylic acids is 1. The Labute approximate surface area is 216 Å². The van der Waals surface area contributed by atoms with Crippen LogP contribution in [0.4, 0.5) is 9.18 Å². The number of likely N-dealkylation sites (tertiary alicyclic amines) is 1. The van der Waals surface area contributed by atoms with Gasteiger partial charge in [-0.3, -0.25) is 9.59 Å². The Morgan fingerprint density at radius 3 is 2.11 bits per heavy atom. The molecule has 8 nitrogen and oxygen atoms in total. The van der Waals surface area contributed by atoms with Gasteiger partial charge in [0.2, 0.25) is 0 Å². The molecule has 4 rings (SSSR count). The summed E-state index contributed by atoms with van der Waals surface area (Å²) in [5.74, 6) is -0.513. The molecule has 0 radical (unpaired) electrons. The smallest absolute Gasteiger partial charge is 0.317 e. The van der Waals surface area contributed by atoms with Gasteiger partial charge in [-0.15, -0.1) is 0 Å². The number of benzene rings is 2. The zero-order valence-electron chi connectivity index (χ0n) is 20.8. The fourth-order valence-electron chi connectivity index (χ4n) is 5.02. The monoisotopic (exact) mass is 511 g/mol. The second-order valence-corrected chi connectivity index (χ2v) is 9.75. The number of hydrogen-bond donors (Lipinski definition) is 3. The van der Waals surface area contributed by atoms with Gasteiger partial charge in [0.05, 0.1) is 12.0 Å². The lowest BCUT2D eigenvalue weighted by Crippen LogP contribution is -2.46. The number of rotatable bonds is 8. The molecule has 0 bridgehead atoms. The average Bonchev–Trinajstić information content (AvgIpc) is 2.92. The van der Waals surface area contributed by atoms with E-state index in [4.69, 9.17) is 9.84 Å². The summed E-state index contributed by atoms with van der Waals surface area (Å²) in [5, 5.41) is 14.8. The van der Waals surface area contributed by atoms with Gasteiger partial charge >= 0.3 is 12.0 Å². The number of nitrogens with one attached hydrogen (secondary N) is 2. The van der Waals surface area contributed by atoms with Crippen LogP contribution in [0, 0.1) is 11.7 Å². The van der Waals surface area contributed by atoms with Gasteiger partial charge in [0, 0.05) is 31.7 Å². The molecule has 2 fully saturated rings. The number of amides is 3. The summed E-state index contributed by atoms with van der Waals surface area (Å²) in [6, 6.07) is 13.3. The van der Waals surface area contributed by atoms with E-state index in [1.54, 1.807) is 29.2 Å². The summed E-state index contributed by atoms with van der Waals surface area (Å²) >= 11 is 0. The fraction of sp³-hybridized carbons (Fsp3) is 0.464. The van der Waals surface area contributed by atoms with Gasteiger partial charge in [0.15, 0.2) is 0 Å². The van der Waals surface area contributed by atoms with Crippen molar-refractivity contribution < 1.29 is 28.6 Å². The summed E-state index contributed by atoms with van der Waals surface area (Å²) in [7, 11) is 0. The third-order valence-corrected chi connectivity index (χ3v) is 7.25. The van der Waals surface area contributed by atoms with Crippen LogP contribution in [0.5, 0.6) is 5.75 Å². The maximum atomic E-state index is 13.1. The molecule has 3 amide bonds. The predicted molar refractivity (Wildman–Crippen MR) is 136 cm³/mol. The van der Waals surface area contributed by atoms with Crippen molar-refractivity contribution in [2.24, 2.45) is 5.92 Å². The summed E-state index contributed by atoms with van der Waals surface area (Å²) < 4.78 is 19.1. The zero-order valence-corrected chi connectivity index (χ0v) is 20.8. The third kappa shape index (κ3) is 7.44.